The van der Waals surface area contributed by atoms with Crippen molar-refractivity contribution in [2.24, 2.45) is 5.92 Å². The minimum absolute atomic E-state index is 0.549. The molecular formula is C12H22N4O. The van der Waals surface area contributed by atoms with Gasteiger partial charge in [0.2, 0.25) is 0 Å². The molecule has 0 aromatic carbocycles. The van der Waals surface area contributed by atoms with Crippen LogP contribution in [0.15, 0.2) is 6.33 Å². The summed E-state index contributed by atoms with van der Waals surface area (Å²) in [6.45, 7) is 8.49. The highest BCUT2D eigenvalue weighted by molar-refractivity contribution is 5.54. The van der Waals surface area contributed by atoms with Gasteiger partial charge in [0.1, 0.15) is 18.0 Å². The van der Waals surface area contributed by atoms with Gasteiger partial charge in [0.25, 0.3) is 0 Å². The van der Waals surface area contributed by atoms with Crippen LogP contribution < -0.4 is 11.1 Å². The quantitative estimate of drug-likeness (QED) is 0.707. The van der Waals surface area contributed by atoms with Gasteiger partial charge in [0.05, 0.1) is 6.61 Å². The molecule has 1 aromatic heterocycles. The Morgan fingerprint density at radius 2 is 2.18 bits per heavy atom. The Kier molecular flexibility index (Phi) is 5.69. The van der Waals surface area contributed by atoms with E-state index in [1.54, 1.807) is 0 Å². The van der Waals surface area contributed by atoms with E-state index in [4.69, 9.17) is 10.5 Å². The Morgan fingerprint density at radius 1 is 1.41 bits per heavy atom. The van der Waals surface area contributed by atoms with Crippen LogP contribution in [-0.4, -0.2) is 29.7 Å². The van der Waals surface area contributed by atoms with Crippen molar-refractivity contribution in [3.63, 3.8) is 0 Å². The van der Waals surface area contributed by atoms with E-state index in [1.807, 2.05) is 6.92 Å². The van der Waals surface area contributed by atoms with Gasteiger partial charge in [-0.15, -0.1) is 0 Å². The van der Waals surface area contributed by atoms with Crippen LogP contribution in [0, 0.1) is 5.92 Å². The third kappa shape index (κ3) is 4.56. The van der Waals surface area contributed by atoms with Crippen LogP contribution >= 0.6 is 0 Å². The van der Waals surface area contributed by atoms with E-state index in [-0.39, 0.29) is 0 Å². The first kappa shape index (κ1) is 13.7. The predicted molar refractivity (Wildman–Crippen MR) is 70.0 cm³/mol. The number of anilines is 2. The molecule has 0 saturated heterocycles. The smallest absolute Gasteiger partial charge is 0.134 e. The lowest BCUT2D eigenvalue weighted by molar-refractivity contribution is 0.118. The minimum Gasteiger partial charge on any atom is -0.383 e. The average Bonchev–Trinajstić information content (AvgIpc) is 2.28. The zero-order valence-corrected chi connectivity index (χ0v) is 10.9. The van der Waals surface area contributed by atoms with Crippen LogP contribution in [0.5, 0.6) is 0 Å². The van der Waals surface area contributed by atoms with Gasteiger partial charge in [-0.3, -0.25) is 0 Å². The Bertz CT molecular complexity index is 341. The molecule has 0 aliphatic rings. The lowest BCUT2D eigenvalue weighted by Crippen LogP contribution is -2.14. The maximum atomic E-state index is 5.78. The van der Waals surface area contributed by atoms with Crippen molar-refractivity contribution in [3.05, 3.63) is 11.9 Å². The monoisotopic (exact) mass is 238 g/mol. The number of ether oxygens (including phenoxy) is 1. The summed E-state index contributed by atoms with van der Waals surface area (Å²) in [5.41, 5.74) is 6.75. The van der Waals surface area contributed by atoms with Crippen LogP contribution in [0.1, 0.15) is 26.3 Å². The molecule has 0 fully saturated rings. The fourth-order valence-corrected chi connectivity index (χ4v) is 1.49. The van der Waals surface area contributed by atoms with E-state index in [0.29, 0.717) is 18.3 Å². The molecule has 0 amide bonds. The molecule has 17 heavy (non-hydrogen) atoms. The molecule has 0 aliphatic heterocycles. The summed E-state index contributed by atoms with van der Waals surface area (Å²) in [6.07, 6.45) is 2.30. The van der Waals surface area contributed by atoms with Gasteiger partial charge < -0.3 is 15.8 Å². The number of nitrogen functional groups attached to an aromatic ring is 1. The van der Waals surface area contributed by atoms with E-state index in [1.165, 1.54) is 6.33 Å². The minimum atomic E-state index is 0.549. The average molecular weight is 238 g/mol. The lowest BCUT2D eigenvalue weighted by atomic mass is 10.2. The molecule has 5 heteroatoms. The Hall–Kier alpha value is -1.36. The molecule has 1 heterocycles. The molecule has 0 radical (unpaired) electrons. The molecule has 96 valence electrons. The zero-order valence-electron chi connectivity index (χ0n) is 10.9. The number of hydrogen-bond acceptors (Lipinski definition) is 5. The maximum Gasteiger partial charge on any atom is 0.134 e. The fourth-order valence-electron chi connectivity index (χ4n) is 1.49. The van der Waals surface area contributed by atoms with E-state index in [2.05, 4.69) is 29.1 Å². The Balaban J connectivity index is 2.39. The van der Waals surface area contributed by atoms with Crippen molar-refractivity contribution in [1.82, 2.24) is 9.97 Å². The molecule has 0 saturated carbocycles. The number of nitrogens with zero attached hydrogens (tertiary/aromatic N) is 2. The first-order valence-electron chi connectivity index (χ1n) is 6.06. The first-order valence-corrected chi connectivity index (χ1v) is 6.06. The summed E-state index contributed by atoms with van der Waals surface area (Å²) >= 11 is 0. The summed E-state index contributed by atoms with van der Waals surface area (Å²) in [6, 6.07) is 0. The van der Waals surface area contributed by atoms with E-state index < -0.39 is 0 Å². The highest BCUT2D eigenvalue weighted by atomic mass is 16.5. The molecule has 0 atom stereocenters. The molecule has 0 bridgehead atoms. The van der Waals surface area contributed by atoms with E-state index in [0.717, 1.165) is 31.0 Å². The van der Waals surface area contributed by atoms with E-state index in [9.17, 15) is 0 Å². The second-order valence-electron chi connectivity index (χ2n) is 4.34. The van der Waals surface area contributed by atoms with E-state index >= 15 is 0 Å². The van der Waals surface area contributed by atoms with Gasteiger partial charge >= 0.3 is 0 Å². The number of aromatic nitrogens is 2. The first-order chi connectivity index (χ1) is 8.15. The molecule has 1 rings (SSSR count). The summed E-state index contributed by atoms with van der Waals surface area (Å²) in [4.78, 5) is 8.16. The Morgan fingerprint density at radius 3 is 2.82 bits per heavy atom. The van der Waals surface area contributed by atoms with Gasteiger partial charge in [0.15, 0.2) is 0 Å². The predicted octanol–water partition coefficient (Wildman–Crippen LogP) is 1.71. The van der Waals surface area contributed by atoms with Crippen LogP contribution in [-0.2, 0) is 11.2 Å². The van der Waals surface area contributed by atoms with Crippen LogP contribution in [0.2, 0.25) is 0 Å². The van der Waals surface area contributed by atoms with Gasteiger partial charge in [-0.1, -0.05) is 20.8 Å². The topological polar surface area (TPSA) is 73.1 Å². The maximum absolute atomic E-state index is 5.78. The molecule has 0 unspecified atom stereocenters. The van der Waals surface area contributed by atoms with Crippen molar-refractivity contribution >= 4 is 11.6 Å². The molecule has 0 spiro atoms. The molecule has 1 aromatic rings. The Labute approximate surface area is 103 Å². The van der Waals surface area contributed by atoms with Crippen LogP contribution in [0.25, 0.3) is 0 Å². The number of nitrogens with two attached hydrogens (primary N) is 1. The highest BCUT2D eigenvalue weighted by Crippen LogP contribution is 2.16. The van der Waals surface area contributed by atoms with Crippen LogP contribution in [0.4, 0.5) is 11.6 Å². The van der Waals surface area contributed by atoms with Gasteiger partial charge in [-0.05, 0) is 12.3 Å². The largest absolute Gasteiger partial charge is 0.383 e. The van der Waals surface area contributed by atoms with Gasteiger partial charge in [0, 0.05) is 18.7 Å². The number of hydrogen-bond donors (Lipinski definition) is 2. The second-order valence-corrected chi connectivity index (χ2v) is 4.34. The SMILES string of the molecule is CCc1c(N)ncnc1NCCOCC(C)C. The van der Waals surface area contributed by atoms with Crippen molar-refractivity contribution < 1.29 is 4.74 Å². The molecular weight excluding hydrogens is 216 g/mol. The van der Waals surface area contributed by atoms with Gasteiger partial charge in [-0.2, -0.15) is 0 Å². The summed E-state index contributed by atoms with van der Waals surface area (Å²) in [7, 11) is 0. The molecule has 0 aliphatic carbocycles. The fraction of sp³-hybridized carbons (Fsp3) is 0.667. The van der Waals surface area contributed by atoms with Crippen molar-refractivity contribution in [2.75, 3.05) is 30.8 Å². The van der Waals surface area contributed by atoms with Crippen LogP contribution in [0.3, 0.4) is 0 Å². The second kappa shape index (κ2) is 7.06. The van der Waals surface area contributed by atoms with Crippen molar-refractivity contribution in [1.29, 1.82) is 0 Å². The third-order valence-electron chi connectivity index (χ3n) is 2.32. The van der Waals surface area contributed by atoms with Gasteiger partial charge in [-0.25, -0.2) is 9.97 Å². The number of rotatable bonds is 7. The van der Waals surface area contributed by atoms with Crippen molar-refractivity contribution in [2.45, 2.75) is 27.2 Å². The molecule has 3 N–H and O–H groups in total. The zero-order chi connectivity index (χ0) is 12.7. The summed E-state index contributed by atoms with van der Waals surface area (Å²) in [5.74, 6) is 1.93. The highest BCUT2D eigenvalue weighted by Gasteiger charge is 2.06. The lowest BCUT2D eigenvalue weighted by Gasteiger charge is -2.11. The normalized spacial score (nSPS) is 10.8. The summed E-state index contributed by atoms with van der Waals surface area (Å²) in [5, 5.41) is 3.22. The third-order valence-corrected chi connectivity index (χ3v) is 2.32. The standard InChI is InChI=1S/C12H22N4O/c1-4-10-11(13)15-8-16-12(10)14-5-6-17-7-9(2)3/h8-9H,4-7H2,1-3H3,(H3,13,14,15,16). The summed E-state index contributed by atoms with van der Waals surface area (Å²) < 4.78 is 5.48. The number of nitrogens with one attached hydrogen (secondary N) is 1. The van der Waals surface area contributed by atoms with Crippen molar-refractivity contribution in [3.8, 4) is 0 Å². The molecule has 5 nitrogen and oxygen atoms in total.